The van der Waals surface area contributed by atoms with E-state index >= 15 is 0 Å². The average Bonchev–Trinajstić information content (AvgIpc) is 2.96. The van der Waals surface area contributed by atoms with Gasteiger partial charge < -0.3 is 18.5 Å². The van der Waals surface area contributed by atoms with Crippen molar-refractivity contribution < 1.29 is 38.6 Å². The van der Waals surface area contributed by atoms with E-state index in [1.54, 1.807) is 0 Å². The van der Waals surface area contributed by atoms with Gasteiger partial charge in [-0.2, -0.15) is 19.1 Å². The molecule has 2 aliphatic rings. The van der Waals surface area contributed by atoms with Gasteiger partial charge in [0, 0.05) is 0 Å². The zero-order valence-electron chi connectivity index (χ0n) is 12.3. The minimum absolute atomic E-state index is 0. The van der Waals surface area contributed by atoms with Gasteiger partial charge in [0.15, 0.2) is 0 Å². The molecule has 2 aliphatic carbocycles. The molecule has 0 N–H and O–H groups in total. The monoisotopic (exact) mass is 352 g/mol. The predicted molar refractivity (Wildman–Crippen MR) is 76.1 cm³/mol. The summed E-state index contributed by atoms with van der Waals surface area (Å²) >= 11 is 0. The van der Waals surface area contributed by atoms with Gasteiger partial charge in [-0.1, -0.05) is 26.2 Å². The molecule has 0 fully saturated rings. The number of hydrogen-bond acceptors (Lipinski definition) is 0. The molecule has 0 heterocycles. The topological polar surface area (TPSA) is 0 Å². The Labute approximate surface area is 145 Å². The third-order valence-electron chi connectivity index (χ3n) is 1.75. The van der Waals surface area contributed by atoms with Gasteiger partial charge in [0.1, 0.15) is 0 Å². The molecule has 0 nitrogen and oxygen atoms in total. The van der Waals surface area contributed by atoms with Gasteiger partial charge in [-0.3, -0.25) is 18.2 Å². The molecule has 0 aliphatic heterocycles. The molecular formula is C17H23ClZr. The largest absolute Gasteiger partial charge is 4.00 e. The summed E-state index contributed by atoms with van der Waals surface area (Å²) in [5.41, 5.74) is 0.314. The van der Waals surface area contributed by atoms with Gasteiger partial charge in [-0.25, -0.2) is 24.3 Å². The van der Waals surface area contributed by atoms with E-state index in [0.717, 1.165) is 12.8 Å². The summed E-state index contributed by atoms with van der Waals surface area (Å²) in [6.07, 6.45) is 25.0. The van der Waals surface area contributed by atoms with Crippen LogP contribution in [0.3, 0.4) is 0 Å². The van der Waals surface area contributed by atoms with Gasteiger partial charge in [0.05, 0.1) is 0 Å². The van der Waals surface area contributed by atoms with E-state index in [0.29, 0.717) is 5.41 Å². The maximum absolute atomic E-state index is 2.99. The molecule has 102 valence electrons. The second-order valence-corrected chi connectivity index (χ2v) is 4.81. The molecule has 2 rings (SSSR count). The Morgan fingerprint density at radius 3 is 1.47 bits per heavy atom. The van der Waals surface area contributed by atoms with Crippen LogP contribution in [0.5, 0.6) is 0 Å². The molecule has 0 bridgehead atoms. The molecule has 0 atom stereocenters. The SMILES string of the molecule is C[C-]=CC(C)(C)C.[C-]1=CC=CC1.[C-]1=CC=CC1.[Cl-].[Zr+4]. The van der Waals surface area contributed by atoms with Crippen LogP contribution >= 0.6 is 0 Å². The average molecular weight is 354 g/mol. The third kappa shape index (κ3) is 23.4. The van der Waals surface area contributed by atoms with Crippen molar-refractivity contribution in [3.63, 3.8) is 0 Å². The third-order valence-corrected chi connectivity index (χ3v) is 1.75. The fourth-order valence-electron chi connectivity index (χ4n) is 1.11. The molecule has 2 heteroatoms. The van der Waals surface area contributed by atoms with Crippen LogP contribution < -0.4 is 12.4 Å². The van der Waals surface area contributed by atoms with Crippen molar-refractivity contribution >= 4 is 0 Å². The Bertz CT molecular complexity index is 273. The second-order valence-electron chi connectivity index (χ2n) is 4.81. The molecule has 0 aromatic rings. The fourth-order valence-corrected chi connectivity index (χ4v) is 1.11. The van der Waals surface area contributed by atoms with Crippen molar-refractivity contribution in [3.8, 4) is 0 Å². The van der Waals surface area contributed by atoms with Crippen LogP contribution in [0.2, 0.25) is 0 Å². The van der Waals surface area contributed by atoms with E-state index < -0.39 is 0 Å². The minimum Gasteiger partial charge on any atom is -1.00 e. The zero-order valence-corrected chi connectivity index (χ0v) is 15.5. The van der Waals surface area contributed by atoms with Crippen LogP contribution in [-0.2, 0) is 26.2 Å². The molecule has 0 saturated heterocycles. The summed E-state index contributed by atoms with van der Waals surface area (Å²) in [6, 6.07) is 0. The molecule has 0 radical (unpaired) electrons. The molecule has 0 spiro atoms. The Kier molecular flexibility index (Phi) is 20.1. The van der Waals surface area contributed by atoms with Crippen molar-refractivity contribution in [2.45, 2.75) is 40.5 Å². The van der Waals surface area contributed by atoms with Crippen molar-refractivity contribution in [2.24, 2.45) is 5.41 Å². The first-order chi connectivity index (χ1) is 8.06. The molecule has 19 heavy (non-hydrogen) atoms. The van der Waals surface area contributed by atoms with E-state index in [9.17, 15) is 0 Å². The second kappa shape index (κ2) is 15.9. The number of rotatable bonds is 0. The van der Waals surface area contributed by atoms with E-state index in [4.69, 9.17) is 0 Å². The predicted octanol–water partition coefficient (Wildman–Crippen LogP) is 2.02. The van der Waals surface area contributed by atoms with Gasteiger partial charge in [0.25, 0.3) is 0 Å². The summed E-state index contributed by atoms with van der Waals surface area (Å²) in [6.45, 7) is 8.39. The standard InChI is InChI=1S/C7H13.2C5H5.ClH.Zr/c1-5-6-7(2,3)4;2*1-2-4-5-3-1;;/h6H,1-4H3;2*1-3H,4H2;1H;/q3*-1;;+4/p-1. The van der Waals surface area contributed by atoms with Crippen LogP contribution in [0, 0.1) is 23.6 Å². The van der Waals surface area contributed by atoms with Crippen LogP contribution in [0.1, 0.15) is 40.5 Å². The molecular weight excluding hydrogens is 331 g/mol. The normalized spacial score (nSPS) is 14.1. The Morgan fingerprint density at radius 1 is 1.00 bits per heavy atom. The maximum atomic E-state index is 2.99. The van der Waals surface area contributed by atoms with Crippen molar-refractivity contribution in [1.29, 1.82) is 0 Å². The molecule has 0 unspecified atom stereocenters. The van der Waals surface area contributed by atoms with Crippen LogP contribution in [0.15, 0.2) is 42.5 Å². The zero-order chi connectivity index (χ0) is 13.0. The number of halogens is 1. The van der Waals surface area contributed by atoms with E-state index in [1.807, 2.05) is 31.2 Å². The van der Waals surface area contributed by atoms with Gasteiger partial charge in [0.2, 0.25) is 0 Å². The quantitative estimate of drug-likeness (QED) is 0.584. The first-order valence-corrected chi connectivity index (χ1v) is 6.01. The van der Waals surface area contributed by atoms with Crippen molar-refractivity contribution in [1.82, 2.24) is 0 Å². The minimum atomic E-state index is 0. The molecule has 0 aromatic heterocycles. The van der Waals surface area contributed by atoms with Crippen molar-refractivity contribution in [2.75, 3.05) is 0 Å². The first-order valence-electron chi connectivity index (χ1n) is 6.01. The number of allylic oxidation sites excluding steroid dienone is 10. The van der Waals surface area contributed by atoms with Crippen molar-refractivity contribution in [3.05, 3.63) is 60.8 Å². The smallest absolute Gasteiger partial charge is 1.00 e. The van der Waals surface area contributed by atoms with E-state index in [2.05, 4.69) is 57.2 Å². The first kappa shape index (κ1) is 23.9. The van der Waals surface area contributed by atoms with Crippen LogP contribution in [0.4, 0.5) is 0 Å². The summed E-state index contributed by atoms with van der Waals surface area (Å²) in [5, 5.41) is 0. The van der Waals surface area contributed by atoms with Gasteiger partial charge in [-0.05, 0) is 0 Å². The van der Waals surface area contributed by atoms with Gasteiger partial charge >= 0.3 is 26.2 Å². The number of hydrogen-bond donors (Lipinski definition) is 0. The summed E-state index contributed by atoms with van der Waals surface area (Å²) < 4.78 is 0. The Balaban J connectivity index is -0.000000194. The Morgan fingerprint density at radius 2 is 1.42 bits per heavy atom. The van der Waals surface area contributed by atoms with E-state index in [-0.39, 0.29) is 38.6 Å². The fraction of sp³-hybridized carbons (Fsp3) is 0.412. The van der Waals surface area contributed by atoms with Crippen LogP contribution in [0.25, 0.3) is 0 Å². The van der Waals surface area contributed by atoms with E-state index in [1.165, 1.54) is 0 Å². The summed E-state index contributed by atoms with van der Waals surface area (Å²) in [4.78, 5) is 0. The maximum Gasteiger partial charge on any atom is 4.00 e. The summed E-state index contributed by atoms with van der Waals surface area (Å²) in [5.74, 6) is 0. The van der Waals surface area contributed by atoms with Gasteiger partial charge in [-0.15, -0.1) is 12.8 Å². The molecule has 0 amide bonds. The molecule has 0 aromatic carbocycles. The molecule has 0 saturated carbocycles. The van der Waals surface area contributed by atoms with Crippen LogP contribution in [-0.4, -0.2) is 0 Å². The Hall–Kier alpha value is -0.127. The summed E-state index contributed by atoms with van der Waals surface area (Å²) in [7, 11) is 0.